The Kier molecular flexibility index (Phi) is 8.38. The summed E-state index contributed by atoms with van der Waals surface area (Å²) in [5.74, 6) is 2.41. The first-order chi connectivity index (χ1) is 13.3. The fourth-order valence-electron chi connectivity index (χ4n) is 2.44. The minimum atomic E-state index is -2.98. The molecule has 0 spiro atoms. The van der Waals surface area contributed by atoms with Crippen LogP contribution in [0.25, 0.3) is 0 Å². The number of hydrogen-bond acceptors (Lipinski definition) is 5. The van der Waals surface area contributed by atoms with Crippen LogP contribution in [0.2, 0.25) is 0 Å². The number of nitrogens with zero attached hydrogens (tertiary/aromatic N) is 1. The summed E-state index contributed by atoms with van der Waals surface area (Å²) < 4.78 is 33.5. The average Bonchev–Trinajstić information content (AvgIpc) is 3.12. The molecule has 0 fully saturated rings. The second-order valence-corrected chi connectivity index (χ2v) is 9.05. The van der Waals surface area contributed by atoms with Crippen LogP contribution >= 0.6 is 0 Å². The Balaban J connectivity index is 1.95. The van der Waals surface area contributed by atoms with Gasteiger partial charge >= 0.3 is 0 Å². The van der Waals surface area contributed by atoms with Crippen LogP contribution in [0, 0.1) is 0 Å². The van der Waals surface area contributed by atoms with Gasteiger partial charge < -0.3 is 19.8 Å². The molecule has 0 aliphatic heterocycles. The van der Waals surface area contributed by atoms with E-state index in [9.17, 15) is 8.42 Å². The standard InChI is InChI=1S/C20H29N3O4S/c1-16(2)27-19-9-7-17(8-10-19)23-20(21-12-5-15-28(3,24)25)22-13-11-18-6-4-14-26-18/h4,6-10,14,16H,5,11-13,15H2,1-3H3,(H2,21,22,23). The first-order valence-corrected chi connectivity index (χ1v) is 11.4. The highest BCUT2D eigenvalue weighted by atomic mass is 32.2. The van der Waals surface area contributed by atoms with Crippen molar-refractivity contribution in [1.29, 1.82) is 0 Å². The van der Waals surface area contributed by atoms with Crippen LogP contribution in [0.1, 0.15) is 26.0 Å². The lowest BCUT2D eigenvalue weighted by Gasteiger charge is -2.14. The highest BCUT2D eigenvalue weighted by molar-refractivity contribution is 7.90. The number of aliphatic imine (C=N–C) groups is 1. The normalized spacial score (nSPS) is 12.2. The zero-order valence-electron chi connectivity index (χ0n) is 16.6. The lowest BCUT2D eigenvalue weighted by molar-refractivity contribution is 0.242. The Labute approximate surface area is 167 Å². The summed E-state index contributed by atoms with van der Waals surface area (Å²) in [5.41, 5.74) is 0.864. The largest absolute Gasteiger partial charge is 0.491 e. The Bertz CT molecular complexity index is 829. The monoisotopic (exact) mass is 407 g/mol. The van der Waals surface area contributed by atoms with E-state index in [1.807, 2.05) is 50.2 Å². The van der Waals surface area contributed by atoms with E-state index < -0.39 is 9.84 Å². The van der Waals surface area contributed by atoms with E-state index in [0.717, 1.165) is 23.6 Å². The Morgan fingerprint density at radius 1 is 1.21 bits per heavy atom. The number of anilines is 1. The fourth-order valence-corrected chi connectivity index (χ4v) is 3.10. The molecule has 2 aromatic rings. The molecule has 2 rings (SSSR count). The van der Waals surface area contributed by atoms with Crippen molar-refractivity contribution in [1.82, 2.24) is 5.32 Å². The molecule has 0 atom stereocenters. The van der Waals surface area contributed by atoms with Gasteiger partial charge in [0.25, 0.3) is 0 Å². The first kappa shape index (κ1) is 21.8. The van der Waals surface area contributed by atoms with Crippen LogP contribution in [0.15, 0.2) is 52.1 Å². The number of rotatable bonds is 10. The number of guanidine groups is 1. The minimum absolute atomic E-state index is 0.119. The molecule has 0 aliphatic rings. The summed E-state index contributed by atoms with van der Waals surface area (Å²) in [6, 6.07) is 11.4. The van der Waals surface area contributed by atoms with E-state index in [-0.39, 0.29) is 11.9 Å². The van der Waals surface area contributed by atoms with Crippen molar-refractivity contribution in [2.24, 2.45) is 4.99 Å². The average molecular weight is 408 g/mol. The van der Waals surface area contributed by atoms with Gasteiger partial charge in [-0.2, -0.15) is 0 Å². The smallest absolute Gasteiger partial charge is 0.195 e. The molecule has 0 bridgehead atoms. The summed E-state index contributed by atoms with van der Waals surface area (Å²) >= 11 is 0. The predicted octanol–water partition coefficient (Wildman–Crippen LogP) is 3.10. The van der Waals surface area contributed by atoms with Crippen LogP contribution < -0.4 is 15.4 Å². The third kappa shape index (κ3) is 8.94. The first-order valence-electron chi connectivity index (χ1n) is 9.34. The molecule has 8 heteroatoms. The second kappa shape index (κ2) is 10.8. The molecule has 0 saturated heterocycles. The maximum atomic E-state index is 11.3. The van der Waals surface area contributed by atoms with Crippen LogP contribution in [-0.2, 0) is 16.3 Å². The zero-order chi connectivity index (χ0) is 20.4. The van der Waals surface area contributed by atoms with Gasteiger partial charge in [-0.15, -0.1) is 0 Å². The maximum Gasteiger partial charge on any atom is 0.195 e. The molecule has 154 valence electrons. The molecule has 1 aromatic heterocycles. The quantitative estimate of drug-likeness (QED) is 0.357. The topological polar surface area (TPSA) is 92.9 Å². The molecule has 0 aliphatic carbocycles. The van der Waals surface area contributed by atoms with Crippen LogP contribution in [0.5, 0.6) is 5.75 Å². The van der Waals surface area contributed by atoms with Crippen LogP contribution in [-0.4, -0.2) is 45.6 Å². The SMILES string of the molecule is CC(C)Oc1ccc(NC(=NCCCS(C)(=O)=O)NCCc2ccco2)cc1. The molecular formula is C20H29N3O4S. The molecule has 0 amide bonds. The van der Waals surface area contributed by atoms with Crippen LogP contribution in [0.4, 0.5) is 5.69 Å². The fraction of sp³-hybridized carbons (Fsp3) is 0.450. The van der Waals surface area contributed by atoms with E-state index in [4.69, 9.17) is 9.15 Å². The minimum Gasteiger partial charge on any atom is -0.491 e. The summed E-state index contributed by atoms with van der Waals surface area (Å²) in [6.45, 7) is 5.02. The highest BCUT2D eigenvalue weighted by Gasteiger charge is 2.05. The molecule has 0 radical (unpaired) electrons. The van der Waals surface area contributed by atoms with E-state index in [1.54, 1.807) is 6.26 Å². The van der Waals surface area contributed by atoms with E-state index in [2.05, 4.69) is 15.6 Å². The van der Waals surface area contributed by atoms with Gasteiger partial charge in [-0.25, -0.2) is 8.42 Å². The van der Waals surface area contributed by atoms with Gasteiger partial charge in [0, 0.05) is 31.5 Å². The molecule has 1 heterocycles. The van der Waals surface area contributed by atoms with Gasteiger partial charge in [0.2, 0.25) is 0 Å². The van der Waals surface area contributed by atoms with Crippen molar-refractivity contribution in [2.45, 2.75) is 32.8 Å². The number of sulfone groups is 1. The second-order valence-electron chi connectivity index (χ2n) is 6.79. The summed E-state index contributed by atoms with van der Waals surface area (Å²) in [4.78, 5) is 4.48. The number of benzene rings is 1. The highest BCUT2D eigenvalue weighted by Crippen LogP contribution is 2.16. The Hall–Kier alpha value is -2.48. The van der Waals surface area contributed by atoms with E-state index in [1.165, 1.54) is 6.26 Å². The number of ether oxygens (including phenoxy) is 1. The van der Waals surface area contributed by atoms with E-state index in [0.29, 0.717) is 25.5 Å². The molecule has 1 aromatic carbocycles. The van der Waals surface area contributed by atoms with Gasteiger partial charge in [0.15, 0.2) is 5.96 Å². The van der Waals surface area contributed by atoms with Crippen molar-refractivity contribution in [2.75, 3.05) is 30.4 Å². The summed E-state index contributed by atoms with van der Waals surface area (Å²) in [5, 5.41) is 6.49. The molecule has 2 N–H and O–H groups in total. The Morgan fingerprint density at radius 2 is 1.96 bits per heavy atom. The number of nitrogens with one attached hydrogen (secondary N) is 2. The van der Waals surface area contributed by atoms with Crippen molar-refractivity contribution >= 4 is 21.5 Å². The van der Waals surface area contributed by atoms with Crippen molar-refractivity contribution < 1.29 is 17.6 Å². The summed E-state index contributed by atoms with van der Waals surface area (Å²) in [6.07, 6.45) is 4.20. The van der Waals surface area contributed by atoms with Gasteiger partial charge in [-0.05, 0) is 56.7 Å². The molecule has 0 saturated carbocycles. The van der Waals surface area contributed by atoms with Crippen molar-refractivity contribution in [3.63, 3.8) is 0 Å². The lowest BCUT2D eigenvalue weighted by Crippen LogP contribution is -2.32. The number of furan rings is 1. The van der Waals surface area contributed by atoms with E-state index >= 15 is 0 Å². The Morgan fingerprint density at radius 3 is 2.57 bits per heavy atom. The van der Waals surface area contributed by atoms with Crippen molar-refractivity contribution in [3.05, 3.63) is 48.4 Å². The predicted molar refractivity (Wildman–Crippen MR) is 113 cm³/mol. The lowest BCUT2D eigenvalue weighted by atomic mass is 10.3. The third-order valence-corrected chi connectivity index (χ3v) is 4.71. The summed E-state index contributed by atoms with van der Waals surface area (Å²) in [7, 11) is -2.98. The zero-order valence-corrected chi connectivity index (χ0v) is 17.5. The molecular weight excluding hydrogens is 378 g/mol. The van der Waals surface area contributed by atoms with Crippen molar-refractivity contribution in [3.8, 4) is 5.75 Å². The third-order valence-electron chi connectivity index (χ3n) is 3.68. The number of hydrogen-bond donors (Lipinski definition) is 2. The van der Waals surface area contributed by atoms with Crippen LogP contribution in [0.3, 0.4) is 0 Å². The maximum absolute atomic E-state index is 11.3. The van der Waals surface area contributed by atoms with Gasteiger partial charge in [-0.1, -0.05) is 0 Å². The molecule has 0 unspecified atom stereocenters. The van der Waals surface area contributed by atoms with Gasteiger partial charge in [-0.3, -0.25) is 4.99 Å². The molecule has 28 heavy (non-hydrogen) atoms. The molecule has 7 nitrogen and oxygen atoms in total. The van der Waals surface area contributed by atoms with Gasteiger partial charge in [0.05, 0.1) is 18.1 Å². The van der Waals surface area contributed by atoms with Gasteiger partial charge in [0.1, 0.15) is 21.3 Å².